The summed E-state index contributed by atoms with van der Waals surface area (Å²) in [4.78, 5) is 52.6. The van der Waals surface area contributed by atoms with E-state index in [0.29, 0.717) is 30.7 Å². The highest BCUT2D eigenvalue weighted by Crippen LogP contribution is 2.37. The minimum atomic E-state index is -0.813. The first kappa shape index (κ1) is 33.4. The molecule has 0 bridgehead atoms. The fourth-order valence-electron chi connectivity index (χ4n) is 5.80. The zero-order valence-corrected chi connectivity index (χ0v) is 26.9. The van der Waals surface area contributed by atoms with Crippen LogP contribution in [0.2, 0.25) is 0 Å². The Labute approximate surface area is 266 Å². The Balaban J connectivity index is 1.38. The van der Waals surface area contributed by atoms with Gasteiger partial charge in [0, 0.05) is 30.9 Å². The largest absolute Gasteiger partial charge is 0.497 e. The number of fused-ring (bicyclic) bond motifs is 1. The van der Waals surface area contributed by atoms with Crippen LogP contribution in [0.4, 0.5) is 0 Å². The first-order valence-corrected chi connectivity index (χ1v) is 15.8. The number of hydrogen-bond acceptors (Lipinski definition) is 5. The average molecular weight is 612 g/mol. The molecule has 3 aromatic carbocycles. The van der Waals surface area contributed by atoms with Gasteiger partial charge in [-0.2, -0.15) is 0 Å². The summed E-state index contributed by atoms with van der Waals surface area (Å²) in [6.07, 6.45) is 1.18. The molecule has 0 fully saturated rings. The Kier molecular flexibility index (Phi) is 11.5. The second-order valence-electron chi connectivity index (χ2n) is 12.7. The van der Waals surface area contributed by atoms with Gasteiger partial charge in [-0.25, -0.2) is 0 Å². The zero-order valence-electron chi connectivity index (χ0n) is 26.9. The van der Waals surface area contributed by atoms with E-state index in [1.165, 1.54) is 0 Å². The van der Waals surface area contributed by atoms with Crippen LogP contribution in [0.15, 0.2) is 72.8 Å². The molecule has 0 radical (unpaired) electrons. The molecule has 1 aliphatic carbocycles. The van der Waals surface area contributed by atoms with Crippen molar-refractivity contribution < 1.29 is 23.9 Å². The molecule has 0 heterocycles. The monoisotopic (exact) mass is 611 g/mol. The summed E-state index contributed by atoms with van der Waals surface area (Å²) in [6.45, 7) is 8.28. The highest BCUT2D eigenvalue weighted by Gasteiger charge is 2.33. The van der Waals surface area contributed by atoms with E-state index < -0.39 is 18.0 Å². The molecule has 3 amide bonds. The number of ketones is 1. The van der Waals surface area contributed by atoms with E-state index in [2.05, 4.69) is 28.1 Å². The number of nitrogens with one attached hydrogen (secondary N) is 3. The lowest BCUT2D eigenvalue weighted by Gasteiger charge is -2.25. The van der Waals surface area contributed by atoms with Crippen molar-refractivity contribution in [1.82, 2.24) is 16.0 Å². The van der Waals surface area contributed by atoms with E-state index in [9.17, 15) is 19.2 Å². The van der Waals surface area contributed by atoms with Gasteiger partial charge in [0.2, 0.25) is 17.7 Å². The number of benzene rings is 3. The molecule has 4 rings (SSSR count). The number of ether oxygens (including phenoxy) is 1. The molecule has 0 aromatic heterocycles. The molecule has 45 heavy (non-hydrogen) atoms. The highest BCUT2D eigenvalue weighted by molar-refractivity contribution is 6.02. The van der Waals surface area contributed by atoms with Crippen molar-refractivity contribution in [2.75, 3.05) is 7.11 Å². The summed E-state index contributed by atoms with van der Waals surface area (Å²) in [5, 5.41) is 8.80. The van der Waals surface area contributed by atoms with Gasteiger partial charge in [-0.1, -0.05) is 82.3 Å². The smallest absolute Gasteiger partial charge is 0.243 e. The number of carbonyl (C=O) groups excluding carboxylic acids is 4. The highest BCUT2D eigenvalue weighted by atomic mass is 16.5. The number of hydrogen-bond donors (Lipinski definition) is 3. The molecule has 0 saturated carbocycles. The van der Waals surface area contributed by atoms with Gasteiger partial charge in [0.15, 0.2) is 5.78 Å². The maximum absolute atomic E-state index is 13.6. The summed E-state index contributed by atoms with van der Waals surface area (Å²) >= 11 is 0. The van der Waals surface area contributed by atoms with E-state index >= 15 is 0 Å². The van der Waals surface area contributed by atoms with Crippen LogP contribution in [-0.4, -0.2) is 42.7 Å². The maximum Gasteiger partial charge on any atom is 0.243 e. The Morgan fingerprint density at radius 2 is 1.42 bits per heavy atom. The van der Waals surface area contributed by atoms with Crippen molar-refractivity contribution in [3.63, 3.8) is 0 Å². The van der Waals surface area contributed by atoms with Gasteiger partial charge >= 0.3 is 0 Å². The van der Waals surface area contributed by atoms with Gasteiger partial charge in [-0.3, -0.25) is 19.2 Å². The third kappa shape index (κ3) is 9.27. The second-order valence-corrected chi connectivity index (χ2v) is 12.7. The summed E-state index contributed by atoms with van der Waals surface area (Å²) < 4.78 is 5.32. The molecule has 8 heteroatoms. The van der Waals surface area contributed by atoms with E-state index in [1.807, 2.05) is 76.2 Å². The molecule has 238 valence electrons. The fourth-order valence-corrected chi connectivity index (χ4v) is 5.80. The van der Waals surface area contributed by atoms with Crippen molar-refractivity contribution in [3.8, 4) is 16.9 Å². The molecule has 0 saturated heterocycles. The van der Waals surface area contributed by atoms with Gasteiger partial charge in [-0.05, 0) is 65.1 Å². The van der Waals surface area contributed by atoms with E-state index in [0.717, 1.165) is 22.3 Å². The van der Waals surface area contributed by atoms with Crippen LogP contribution in [0.3, 0.4) is 0 Å². The molecular weight excluding hydrogens is 566 g/mol. The second kappa shape index (κ2) is 15.5. The third-order valence-electron chi connectivity index (χ3n) is 8.09. The van der Waals surface area contributed by atoms with Crippen molar-refractivity contribution in [3.05, 3.63) is 89.5 Å². The minimum Gasteiger partial charge on any atom is -0.497 e. The SMILES string of the molecule is COc1ccc2c(c1)C(CC(=O)N[C@@H](CC(C)C)C(=O)N[C@H](CC(C)C)C(=O)NCc1ccc(-c3ccccc3)cc1)CC2=O. The number of carbonyl (C=O) groups is 4. The van der Waals surface area contributed by atoms with Crippen LogP contribution in [-0.2, 0) is 20.9 Å². The van der Waals surface area contributed by atoms with Crippen molar-refractivity contribution in [2.24, 2.45) is 11.8 Å². The Morgan fingerprint density at radius 3 is 2.04 bits per heavy atom. The number of Topliss-reactive ketones (excluding diaryl/α,β-unsaturated/α-hetero) is 1. The van der Waals surface area contributed by atoms with Gasteiger partial charge in [-0.15, -0.1) is 0 Å². The molecular formula is C37H45N3O5. The Morgan fingerprint density at radius 1 is 0.800 bits per heavy atom. The topological polar surface area (TPSA) is 114 Å². The average Bonchev–Trinajstić information content (AvgIpc) is 3.32. The van der Waals surface area contributed by atoms with E-state index in [4.69, 9.17) is 4.74 Å². The van der Waals surface area contributed by atoms with Crippen LogP contribution in [0.25, 0.3) is 11.1 Å². The first-order valence-electron chi connectivity index (χ1n) is 15.8. The maximum atomic E-state index is 13.6. The predicted octanol–water partition coefficient (Wildman–Crippen LogP) is 5.80. The molecule has 3 aromatic rings. The number of methoxy groups -OCH3 is 1. The van der Waals surface area contributed by atoms with Gasteiger partial charge in [0.05, 0.1) is 7.11 Å². The predicted molar refractivity (Wildman–Crippen MR) is 176 cm³/mol. The van der Waals surface area contributed by atoms with Crippen LogP contribution < -0.4 is 20.7 Å². The van der Waals surface area contributed by atoms with Crippen LogP contribution >= 0.6 is 0 Å². The summed E-state index contributed by atoms with van der Waals surface area (Å²) in [6, 6.07) is 21.8. The van der Waals surface area contributed by atoms with Crippen LogP contribution in [0.5, 0.6) is 5.75 Å². The normalized spacial score (nSPS) is 15.4. The molecule has 1 aliphatic rings. The molecule has 3 atom stereocenters. The molecule has 3 N–H and O–H groups in total. The molecule has 0 aliphatic heterocycles. The van der Waals surface area contributed by atoms with Gasteiger partial charge in [0.25, 0.3) is 0 Å². The fraction of sp³-hybridized carbons (Fsp3) is 0.405. The van der Waals surface area contributed by atoms with E-state index in [1.54, 1.807) is 19.2 Å². The Hall–Kier alpha value is -4.46. The molecule has 8 nitrogen and oxygen atoms in total. The quantitative estimate of drug-likeness (QED) is 0.213. The molecule has 0 spiro atoms. The number of amides is 3. The lowest BCUT2D eigenvalue weighted by atomic mass is 9.96. The number of rotatable bonds is 14. The molecule has 1 unspecified atom stereocenters. The van der Waals surface area contributed by atoms with Crippen molar-refractivity contribution in [2.45, 2.75) is 77.9 Å². The zero-order chi connectivity index (χ0) is 32.5. The summed E-state index contributed by atoms with van der Waals surface area (Å²) in [7, 11) is 1.56. The lowest BCUT2D eigenvalue weighted by molar-refractivity contribution is -0.132. The first-order chi connectivity index (χ1) is 21.5. The van der Waals surface area contributed by atoms with E-state index in [-0.39, 0.29) is 48.2 Å². The van der Waals surface area contributed by atoms with Gasteiger partial charge in [0.1, 0.15) is 17.8 Å². The standard InChI is InChI=1S/C37H45N3O5/c1-23(2)17-32(36(43)38-22-25-11-13-27(14-12-25)26-9-7-6-8-10-26)40-37(44)33(18-24(3)4)39-35(42)20-28-19-34(41)30-16-15-29(45-5)21-31(28)30/h6-16,21,23-24,28,32-33H,17-20,22H2,1-5H3,(H,38,43)(H,39,42)(H,40,44)/t28?,32-,33+/m1/s1. The minimum absolute atomic E-state index is 0.00314. The van der Waals surface area contributed by atoms with Gasteiger partial charge < -0.3 is 20.7 Å². The summed E-state index contributed by atoms with van der Waals surface area (Å²) in [5.74, 6) is -0.360. The van der Waals surface area contributed by atoms with Crippen LogP contribution in [0, 0.1) is 11.8 Å². The lowest BCUT2D eigenvalue weighted by Crippen LogP contribution is -2.54. The third-order valence-corrected chi connectivity index (χ3v) is 8.09. The van der Waals surface area contributed by atoms with Crippen molar-refractivity contribution in [1.29, 1.82) is 0 Å². The summed E-state index contributed by atoms with van der Waals surface area (Å²) in [5.41, 5.74) is 4.57. The Bertz CT molecular complexity index is 1480. The van der Waals surface area contributed by atoms with Crippen LogP contribution in [0.1, 0.15) is 80.8 Å². The van der Waals surface area contributed by atoms with Crippen molar-refractivity contribution >= 4 is 23.5 Å².